The molecule has 21 heavy (non-hydrogen) atoms. The summed E-state index contributed by atoms with van der Waals surface area (Å²) in [6, 6.07) is 10.0. The highest BCUT2D eigenvalue weighted by atomic mass is 79.9. The molecule has 0 amide bonds. The summed E-state index contributed by atoms with van der Waals surface area (Å²) in [6.07, 6.45) is -4.55. The molecule has 0 aromatic heterocycles. The first-order valence-corrected chi connectivity index (χ1v) is 6.82. The monoisotopic (exact) mass is 374 g/mol. The maximum absolute atomic E-state index is 13.0. The van der Waals surface area contributed by atoms with E-state index in [9.17, 15) is 13.2 Å². The molecule has 0 heterocycles. The van der Waals surface area contributed by atoms with Crippen molar-refractivity contribution in [3.8, 4) is 6.07 Å². The lowest BCUT2D eigenvalue weighted by Crippen LogP contribution is -2.09. The molecule has 2 aromatic rings. The molecule has 0 spiro atoms. The van der Waals surface area contributed by atoms with E-state index in [1.807, 2.05) is 6.07 Å². The van der Waals surface area contributed by atoms with Crippen LogP contribution in [0.1, 0.15) is 11.1 Å². The Hall–Kier alpha value is -1.71. The third-order valence-corrected chi connectivity index (χ3v) is 3.39. The number of hydrogen-bond acceptors (Lipinski definition) is 2. The summed E-state index contributed by atoms with van der Waals surface area (Å²) < 4.78 is 39.7. The Morgan fingerprint density at radius 1 is 1.10 bits per heavy atom. The zero-order chi connectivity index (χ0) is 15.6. The highest BCUT2D eigenvalue weighted by Crippen LogP contribution is 2.38. The maximum Gasteiger partial charge on any atom is 0.418 e. The predicted octanol–water partition coefficient (Wildman–Crippen LogP) is 5.74. The maximum atomic E-state index is 13.0. The van der Waals surface area contributed by atoms with E-state index in [1.165, 1.54) is 24.3 Å². The second kappa shape index (κ2) is 5.96. The Labute approximate surface area is 132 Å². The average Bonchev–Trinajstić information content (AvgIpc) is 2.40. The molecule has 2 rings (SSSR count). The van der Waals surface area contributed by atoms with Crippen LogP contribution in [0, 0.1) is 11.3 Å². The third-order valence-electron chi connectivity index (χ3n) is 2.66. The second-order valence-corrected chi connectivity index (χ2v) is 5.47. The first kappa shape index (κ1) is 15.7. The number of hydrogen-bond donors (Lipinski definition) is 1. The van der Waals surface area contributed by atoms with Gasteiger partial charge in [-0.2, -0.15) is 18.4 Å². The lowest BCUT2D eigenvalue weighted by Gasteiger charge is -2.16. The minimum absolute atomic E-state index is 0.0115. The van der Waals surface area contributed by atoms with Crippen LogP contribution in [0.5, 0.6) is 0 Å². The molecule has 0 saturated carbocycles. The van der Waals surface area contributed by atoms with Crippen LogP contribution in [0.15, 0.2) is 40.9 Å². The minimum atomic E-state index is -4.55. The van der Waals surface area contributed by atoms with E-state index in [1.54, 1.807) is 6.07 Å². The van der Waals surface area contributed by atoms with E-state index >= 15 is 0 Å². The number of nitrogens with one attached hydrogen (secondary N) is 1. The van der Waals surface area contributed by atoms with Gasteiger partial charge in [0.05, 0.1) is 22.5 Å². The van der Waals surface area contributed by atoms with Crippen LogP contribution in [-0.4, -0.2) is 0 Å². The summed E-state index contributed by atoms with van der Waals surface area (Å²) in [5, 5.41) is 11.6. The van der Waals surface area contributed by atoms with Gasteiger partial charge in [0, 0.05) is 9.50 Å². The summed E-state index contributed by atoms with van der Waals surface area (Å²) in [6.45, 7) is 0. The van der Waals surface area contributed by atoms with E-state index in [0.29, 0.717) is 4.47 Å². The van der Waals surface area contributed by atoms with Crippen molar-refractivity contribution in [2.24, 2.45) is 0 Å². The van der Waals surface area contributed by atoms with Crippen LogP contribution in [0.3, 0.4) is 0 Å². The number of anilines is 2. The summed E-state index contributed by atoms with van der Waals surface area (Å²) in [5.74, 6) is 0. The fourth-order valence-corrected chi connectivity index (χ4v) is 2.26. The molecule has 2 nitrogen and oxygen atoms in total. The van der Waals surface area contributed by atoms with Crippen LogP contribution in [0.25, 0.3) is 0 Å². The Kier molecular flexibility index (Phi) is 4.45. The molecule has 2 aromatic carbocycles. The van der Waals surface area contributed by atoms with Crippen LogP contribution in [-0.2, 0) is 6.18 Å². The third kappa shape index (κ3) is 3.69. The first-order chi connectivity index (χ1) is 9.81. The van der Waals surface area contributed by atoms with Gasteiger partial charge in [0.1, 0.15) is 6.07 Å². The van der Waals surface area contributed by atoms with Gasteiger partial charge in [0.15, 0.2) is 0 Å². The van der Waals surface area contributed by atoms with Crippen LogP contribution in [0.2, 0.25) is 5.02 Å². The Bertz CT molecular complexity index is 723. The van der Waals surface area contributed by atoms with Crippen molar-refractivity contribution in [3.05, 3.63) is 57.0 Å². The normalized spacial score (nSPS) is 11.0. The number of nitriles is 1. The Balaban J connectivity index is 2.50. The zero-order valence-electron chi connectivity index (χ0n) is 10.3. The molecule has 0 aliphatic carbocycles. The number of rotatable bonds is 2. The van der Waals surface area contributed by atoms with Crippen molar-refractivity contribution >= 4 is 38.9 Å². The van der Waals surface area contributed by atoms with Crippen LogP contribution >= 0.6 is 27.5 Å². The van der Waals surface area contributed by atoms with Crippen molar-refractivity contribution in [1.82, 2.24) is 0 Å². The lowest BCUT2D eigenvalue weighted by atomic mass is 10.1. The van der Waals surface area contributed by atoms with Gasteiger partial charge in [-0.1, -0.05) is 27.5 Å². The molecular weight excluding hydrogens is 369 g/mol. The van der Waals surface area contributed by atoms with Crippen molar-refractivity contribution < 1.29 is 13.2 Å². The average molecular weight is 376 g/mol. The van der Waals surface area contributed by atoms with Gasteiger partial charge in [-0.15, -0.1) is 0 Å². The molecule has 108 valence electrons. The number of alkyl halides is 3. The van der Waals surface area contributed by atoms with E-state index < -0.39 is 11.7 Å². The first-order valence-electron chi connectivity index (χ1n) is 5.64. The molecule has 0 fully saturated rings. The molecule has 0 unspecified atom stereocenters. The number of halogens is 5. The quantitative estimate of drug-likeness (QED) is 0.727. The topological polar surface area (TPSA) is 35.8 Å². The van der Waals surface area contributed by atoms with Crippen LogP contribution < -0.4 is 5.32 Å². The van der Waals surface area contributed by atoms with Gasteiger partial charge >= 0.3 is 6.18 Å². The van der Waals surface area contributed by atoms with E-state index in [-0.39, 0.29) is 22.0 Å². The van der Waals surface area contributed by atoms with Crippen molar-refractivity contribution in [3.63, 3.8) is 0 Å². The second-order valence-electron chi connectivity index (χ2n) is 4.11. The summed E-state index contributed by atoms with van der Waals surface area (Å²) in [5.41, 5.74) is -0.540. The summed E-state index contributed by atoms with van der Waals surface area (Å²) in [7, 11) is 0. The van der Waals surface area contributed by atoms with E-state index in [0.717, 1.165) is 6.07 Å². The Morgan fingerprint density at radius 3 is 2.43 bits per heavy atom. The van der Waals surface area contributed by atoms with Crippen molar-refractivity contribution in [2.45, 2.75) is 6.18 Å². The highest BCUT2D eigenvalue weighted by Gasteiger charge is 2.34. The highest BCUT2D eigenvalue weighted by molar-refractivity contribution is 9.10. The molecule has 0 saturated heterocycles. The molecule has 0 aliphatic heterocycles. The van der Waals surface area contributed by atoms with Crippen molar-refractivity contribution in [1.29, 1.82) is 5.26 Å². The zero-order valence-corrected chi connectivity index (χ0v) is 12.6. The standard InChI is InChI=1S/C14H7BrClF3N2/c15-9-2-1-8(7-20)13(5-9)21-12-4-3-10(16)6-11(12)14(17,18)19/h1-6,21H. The van der Waals surface area contributed by atoms with Gasteiger partial charge in [0.2, 0.25) is 0 Å². The van der Waals surface area contributed by atoms with Gasteiger partial charge in [-0.25, -0.2) is 0 Å². The minimum Gasteiger partial charge on any atom is -0.354 e. The molecule has 7 heteroatoms. The predicted molar refractivity (Wildman–Crippen MR) is 78.6 cm³/mol. The SMILES string of the molecule is N#Cc1ccc(Br)cc1Nc1ccc(Cl)cc1C(F)(F)F. The molecule has 0 bridgehead atoms. The molecule has 1 N–H and O–H groups in total. The van der Waals surface area contributed by atoms with Crippen LogP contribution in [0.4, 0.5) is 24.5 Å². The molecular formula is C14H7BrClF3N2. The number of nitrogens with zero attached hydrogens (tertiary/aromatic N) is 1. The molecule has 0 radical (unpaired) electrons. The fraction of sp³-hybridized carbons (Fsp3) is 0.0714. The van der Waals surface area contributed by atoms with Gasteiger partial charge in [0.25, 0.3) is 0 Å². The van der Waals surface area contributed by atoms with Crippen molar-refractivity contribution in [2.75, 3.05) is 5.32 Å². The fourth-order valence-electron chi connectivity index (χ4n) is 1.72. The van der Waals surface area contributed by atoms with E-state index in [2.05, 4.69) is 21.2 Å². The van der Waals surface area contributed by atoms with E-state index in [4.69, 9.17) is 16.9 Å². The number of benzene rings is 2. The molecule has 0 aliphatic rings. The summed E-state index contributed by atoms with van der Waals surface area (Å²) in [4.78, 5) is 0. The van der Waals surface area contributed by atoms with Gasteiger partial charge < -0.3 is 5.32 Å². The smallest absolute Gasteiger partial charge is 0.354 e. The molecule has 0 atom stereocenters. The summed E-state index contributed by atoms with van der Waals surface area (Å²) >= 11 is 8.84. The van der Waals surface area contributed by atoms with Gasteiger partial charge in [-0.3, -0.25) is 0 Å². The lowest BCUT2D eigenvalue weighted by molar-refractivity contribution is -0.136. The Morgan fingerprint density at radius 2 is 1.81 bits per heavy atom. The van der Waals surface area contributed by atoms with Gasteiger partial charge in [-0.05, 0) is 36.4 Å². The largest absolute Gasteiger partial charge is 0.418 e.